The molecule has 0 aliphatic rings. The van der Waals surface area contributed by atoms with E-state index in [1.165, 1.54) is 5.56 Å². The Hall–Kier alpha value is -2.29. The molecule has 2 rings (SSSR count). The first-order chi connectivity index (χ1) is 11.2. The minimum absolute atomic E-state index is 0.0868. The van der Waals surface area contributed by atoms with E-state index < -0.39 is 0 Å². The van der Waals surface area contributed by atoms with E-state index in [0.717, 1.165) is 24.2 Å². The summed E-state index contributed by atoms with van der Waals surface area (Å²) in [6.07, 6.45) is 1.71. The van der Waals surface area contributed by atoms with Crippen LogP contribution in [0.5, 0.6) is 5.75 Å². The lowest BCUT2D eigenvalue weighted by molar-refractivity contribution is -0.124. The summed E-state index contributed by atoms with van der Waals surface area (Å²) in [7, 11) is 0. The van der Waals surface area contributed by atoms with Gasteiger partial charge in [-0.15, -0.1) is 0 Å². The van der Waals surface area contributed by atoms with Gasteiger partial charge in [-0.25, -0.2) is 0 Å². The Morgan fingerprint density at radius 1 is 1.04 bits per heavy atom. The molecule has 0 heterocycles. The summed E-state index contributed by atoms with van der Waals surface area (Å²) in [4.78, 5) is 11.7. The first-order valence-corrected chi connectivity index (χ1v) is 8.22. The molecule has 2 aromatic rings. The normalized spacial score (nSPS) is 11.7. The van der Waals surface area contributed by atoms with E-state index in [4.69, 9.17) is 4.74 Å². The monoisotopic (exact) mass is 311 g/mol. The van der Waals surface area contributed by atoms with Crippen LogP contribution in [-0.4, -0.2) is 12.5 Å². The van der Waals surface area contributed by atoms with Gasteiger partial charge in [0.05, 0.1) is 0 Å². The number of ether oxygens (including phenoxy) is 1. The molecule has 0 bridgehead atoms. The summed E-state index contributed by atoms with van der Waals surface area (Å²) >= 11 is 0. The SMILES string of the molecule is CCC(C)C(=O)NCCc1ccc(OCc2ccccc2)cc1. The summed E-state index contributed by atoms with van der Waals surface area (Å²) in [6.45, 7) is 5.23. The summed E-state index contributed by atoms with van der Waals surface area (Å²) in [5.74, 6) is 1.08. The Morgan fingerprint density at radius 3 is 2.39 bits per heavy atom. The van der Waals surface area contributed by atoms with Gasteiger partial charge in [0.2, 0.25) is 5.91 Å². The van der Waals surface area contributed by atoms with Gasteiger partial charge in [0.15, 0.2) is 0 Å². The molecular formula is C20H25NO2. The van der Waals surface area contributed by atoms with Crippen molar-refractivity contribution < 1.29 is 9.53 Å². The highest BCUT2D eigenvalue weighted by molar-refractivity contribution is 5.78. The van der Waals surface area contributed by atoms with Crippen LogP contribution in [0.3, 0.4) is 0 Å². The highest BCUT2D eigenvalue weighted by Gasteiger charge is 2.08. The number of hydrogen-bond donors (Lipinski definition) is 1. The second-order valence-electron chi connectivity index (χ2n) is 5.77. The van der Waals surface area contributed by atoms with Crippen molar-refractivity contribution in [3.63, 3.8) is 0 Å². The summed E-state index contributed by atoms with van der Waals surface area (Å²) in [5.41, 5.74) is 2.35. The van der Waals surface area contributed by atoms with Crippen LogP contribution in [0.15, 0.2) is 54.6 Å². The smallest absolute Gasteiger partial charge is 0.222 e. The Bertz CT molecular complexity index is 593. The average Bonchev–Trinajstić information content (AvgIpc) is 2.61. The first kappa shape index (κ1) is 17.1. The van der Waals surface area contributed by atoms with E-state index in [0.29, 0.717) is 13.2 Å². The van der Waals surface area contributed by atoms with Crippen molar-refractivity contribution >= 4 is 5.91 Å². The van der Waals surface area contributed by atoms with Gasteiger partial charge in [-0.3, -0.25) is 4.79 Å². The third-order valence-electron chi connectivity index (χ3n) is 3.94. The number of carbonyl (C=O) groups excluding carboxylic acids is 1. The summed E-state index contributed by atoms with van der Waals surface area (Å²) in [6, 6.07) is 18.2. The second-order valence-corrected chi connectivity index (χ2v) is 5.77. The zero-order chi connectivity index (χ0) is 16.5. The van der Waals surface area contributed by atoms with Crippen LogP contribution in [0, 0.1) is 5.92 Å². The fraction of sp³-hybridized carbons (Fsp3) is 0.350. The summed E-state index contributed by atoms with van der Waals surface area (Å²) in [5, 5.41) is 2.97. The predicted octanol–water partition coefficient (Wildman–Crippen LogP) is 3.97. The van der Waals surface area contributed by atoms with Crippen molar-refractivity contribution in [3.05, 3.63) is 65.7 Å². The van der Waals surface area contributed by atoms with E-state index >= 15 is 0 Å². The molecule has 3 heteroatoms. The Labute approximate surface area is 138 Å². The molecule has 2 aromatic carbocycles. The first-order valence-electron chi connectivity index (χ1n) is 8.22. The highest BCUT2D eigenvalue weighted by atomic mass is 16.5. The number of amides is 1. The van der Waals surface area contributed by atoms with Crippen LogP contribution in [-0.2, 0) is 17.8 Å². The topological polar surface area (TPSA) is 38.3 Å². The van der Waals surface area contributed by atoms with E-state index in [9.17, 15) is 4.79 Å². The fourth-order valence-electron chi connectivity index (χ4n) is 2.18. The van der Waals surface area contributed by atoms with Crippen LogP contribution in [0.25, 0.3) is 0 Å². The minimum Gasteiger partial charge on any atom is -0.489 e. The fourth-order valence-corrected chi connectivity index (χ4v) is 2.18. The van der Waals surface area contributed by atoms with Crippen LogP contribution < -0.4 is 10.1 Å². The molecule has 1 atom stereocenters. The number of hydrogen-bond acceptors (Lipinski definition) is 2. The van der Waals surface area contributed by atoms with Crippen molar-refractivity contribution in [2.24, 2.45) is 5.92 Å². The lowest BCUT2D eigenvalue weighted by Crippen LogP contribution is -2.30. The van der Waals surface area contributed by atoms with Crippen LogP contribution in [0.4, 0.5) is 0 Å². The second kappa shape index (κ2) is 8.99. The molecular weight excluding hydrogens is 286 g/mol. The maximum absolute atomic E-state index is 11.7. The number of benzene rings is 2. The van der Waals surface area contributed by atoms with Crippen LogP contribution in [0.2, 0.25) is 0 Å². The Balaban J connectivity index is 1.75. The van der Waals surface area contributed by atoms with Gasteiger partial charge in [0.1, 0.15) is 12.4 Å². The molecule has 0 fully saturated rings. The molecule has 0 aliphatic heterocycles. The third-order valence-corrected chi connectivity index (χ3v) is 3.94. The molecule has 0 spiro atoms. The maximum Gasteiger partial charge on any atom is 0.222 e. The molecule has 0 aromatic heterocycles. The van der Waals surface area contributed by atoms with E-state index in [2.05, 4.69) is 17.4 Å². The molecule has 1 unspecified atom stereocenters. The standard InChI is InChI=1S/C20H25NO2/c1-3-16(2)20(22)21-14-13-17-9-11-19(12-10-17)23-15-18-7-5-4-6-8-18/h4-12,16H,3,13-15H2,1-2H3,(H,21,22). The van der Waals surface area contributed by atoms with Crippen molar-refractivity contribution in [1.29, 1.82) is 0 Å². The van der Waals surface area contributed by atoms with Gasteiger partial charge < -0.3 is 10.1 Å². The third kappa shape index (κ3) is 5.78. The van der Waals surface area contributed by atoms with Crippen molar-refractivity contribution in [1.82, 2.24) is 5.32 Å². The number of carbonyl (C=O) groups is 1. The van der Waals surface area contributed by atoms with Gasteiger partial charge in [-0.05, 0) is 36.1 Å². The van der Waals surface area contributed by atoms with E-state index in [1.54, 1.807) is 0 Å². The lowest BCUT2D eigenvalue weighted by atomic mass is 10.1. The number of rotatable bonds is 8. The molecule has 1 N–H and O–H groups in total. The zero-order valence-corrected chi connectivity index (χ0v) is 13.9. The Morgan fingerprint density at radius 2 is 1.74 bits per heavy atom. The van der Waals surface area contributed by atoms with Crippen molar-refractivity contribution in [2.45, 2.75) is 33.3 Å². The van der Waals surface area contributed by atoms with E-state index in [1.807, 2.05) is 56.3 Å². The van der Waals surface area contributed by atoms with Crippen molar-refractivity contribution in [2.75, 3.05) is 6.54 Å². The lowest BCUT2D eigenvalue weighted by Gasteiger charge is -2.10. The quantitative estimate of drug-likeness (QED) is 0.801. The highest BCUT2D eigenvalue weighted by Crippen LogP contribution is 2.14. The molecule has 0 aliphatic carbocycles. The molecule has 3 nitrogen and oxygen atoms in total. The van der Waals surface area contributed by atoms with Gasteiger partial charge in [0.25, 0.3) is 0 Å². The van der Waals surface area contributed by atoms with Gasteiger partial charge in [-0.2, -0.15) is 0 Å². The minimum atomic E-state index is 0.0868. The maximum atomic E-state index is 11.7. The molecule has 0 saturated carbocycles. The van der Waals surface area contributed by atoms with Crippen LogP contribution >= 0.6 is 0 Å². The van der Waals surface area contributed by atoms with Gasteiger partial charge >= 0.3 is 0 Å². The van der Waals surface area contributed by atoms with Gasteiger partial charge in [0, 0.05) is 12.5 Å². The molecule has 1 amide bonds. The predicted molar refractivity (Wildman–Crippen MR) is 93.4 cm³/mol. The van der Waals surface area contributed by atoms with Crippen molar-refractivity contribution in [3.8, 4) is 5.75 Å². The Kier molecular flexibility index (Phi) is 6.67. The molecule has 0 saturated heterocycles. The zero-order valence-electron chi connectivity index (χ0n) is 13.9. The van der Waals surface area contributed by atoms with E-state index in [-0.39, 0.29) is 11.8 Å². The summed E-state index contributed by atoms with van der Waals surface area (Å²) < 4.78 is 5.77. The van der Waals surface area contributed by atoms with Crippen LogP contribution in [0.1, 0.15) is 31.4 Å². The number of nitrogens with one attached hydrogen (secondary N) is 1. The molecule has 23 heavy (non-hydrogen) atoms. The molecule has 0 radical (unpaired) electrons. The van der Waals surface area contributed by atoms with Gasteiger partial charge in [-0.1, -0.05) is 56.3 Å². The largest absolute Gasteiger partial charge is 0.489 e. The molecule has 122 valence electrons. The average molecular weight is 311 g/mol.